The normalized spacial score (nSPS) is 13.6. The van der Waals surface area contributed by atoms with Crippen LogP contribution in [0.25, 0.3) is 0 Å². The standard InChI is InChI=1S/C25H29N/c1-17(2)22-15-23(18(3)20-11-7-5-8-12-20)25(26)24(16-22)19(4)21-13-9-6-10-14-21/h5-19H,26H2,1-4H3. The number of hydrogen-bond donors (Lipinski definition) is 1. The number of hydrogen-bond acceptors (Lipinski definition) is 1. The fourth-order valence-corrected chi connectivity index (χ4v) is 3.62. The fraction of sp³-hybridized carbons (Fsp3) is 0.280. The van der Waals surface area contributed by atoms with E-state index in [0.29, 0.717) is 5.92 Å². The summed E-state index contributed by atoms with van der Waals surface area (Å²) >= 11 is 0. The van der Waals surface area contributed by atoms with Gasteiger partial charge in [0.15, 0.2) is 0 Å². The molecule has 0 fully saturated rings. The highest BCUT2D eigenvalue weighted by Gasteiger charge is 2.20. The third-order valence-electron chi connectivity index (χ3n) is 5.47. The van der Waals surface area contributed by atoms with Crippen molar-refractivity contribution in [2.24, 2.45) is 0 Å². The number of benzene rings is 3. The van der Waals surface area contributed by atoms with Gasteiger partial charge in [-0.3, -0.25) is 0 Å². The molecule has 2 atom stereocenters. The first-order chi connectivity index (χ1) is 12.5. The zero-order chi connectivity index (χ0) is 18.7. The minimum Gasteiger partial charge on any atom is -0.398 e. The Labute approximate surface area is 157 Å². The lowest BCUT2D eigenvalue weighted by atomic mass is 9.82. The zero-order valence-electron chi connectivity index (χ0n) is 16.2. The summed E-state index contributed by atoms with van der Waals surface area (Å²) in [6, 6.07) is 25.9. The molecular formula is C25H29N. The van der Waals surface area contributed by atoms with Crippen LogP contribution < -0.4 is 5.73 Å². The van der Waals surface area contributed by atoms with Gasteiger partial charge in [0.25, 0.3) is 0 Å². The molecule has 134 valence electrons. The molecule has 0 radical (unpaired) electrons. The molecule has 2 N–H and O–H groups in total. The quantitative estimate of drug-likeness (QED) is 0.513. The summed E-state index contributed by atoms with van der Waals surface area (Å²) in [6.07, 6.45) is 0. The molecule has 3 rings (SSSR count). The highest BCUT2D eigenvalue weighted by atomic mass is 14.6. The second kappa shape index (κ2) is 7.78. The number of anilines is 1. The van der Waals surface area contributed by atoms with Crippen molar-refractivity contribution in [2.45, 2.75) is 45.4 Å². The molecule has 0 amide bonds. The van der Waals surface area contributed by atoms with Crippen LogP contribution in [0.2, 0.25) is 0 Å². The number of rotatable bonds is 5. The van der Waals surface area contributed by atoms with Gasteiger partial charge in [0.1, 0.15) is 0 Å². The van der Waals surface area contributed by atoms with E-state index in [2.05, 4.69) is 100 Å². The van der Waals surface area contributed by atoms with E-state index in [1.54, 1.807) is 0 Å². The van der Waals surface area contributed by atoms with Gasteiger partial charge in [0.2, 0.25) is 0 Å². The molecule has 2 unspecified atom stereocenters. The maximum atomic E-state index is 6.73. The van der Waals surface area contributed by atoms with E-state index in [1.807, 2.05) is 0 Å². The Morgan fingerprint density at radius 1 is 0.577 bits per heavy atom. The second-order valence-electron chi connectivity index (χ2n) is 7.53. The van der Waals surface area contributed by atoms with Gasteiger partial charge in [0.05, 0.1) is 0 Å². The minimum atomic E-state index is 0.275. The molecule has 0 heterocycles. The maximum Gasteiger partial charge on any atom is 0.0391 e. The van der Waals surface area contributed by atoms with Crippen molar-refractivity contribution >= 4 is 5.69 Å². The van der Waals surface area contributed by atoms with Gasteiger partial charge in [-0.15, -0.1) is 0 Å². The van der Waals surface area contributed by atoms with Crippen LogP contribution in [0.1, 0.15) is 73.3 Å². The third-order valence-corrected chi connectivity index (χ3v) is 5.47. The van der Waals surface area contributed by atoms with Crippen LogP contribution in [-0.2, 0) is 0 Å². The highest BCUT2D eigenvalue weighted by Crippen LogP contribution is 2.38. The highest BCUT2D eigenvalue weighted by molar-refractivity contribution is 5.62. The summed E-state index contributed by atoms with van der Waals surface area (Å²) in [5.41, 5.74) is 14.1. The molecular weight excluding hydrogens is 314 g/mol. The topological polar surface area (TPSA) is 26.0 Å². The summed E-state index contributed by atoms with van der Waals surface area (Å²) in [5, 5.41) is 0. The van der Waals surface area contributed by atoms with Crippen LogP contribution in [0.5, 0.6) is 0 Å². The molecule has 0 aliphatic carbocycles. The first-order valence-electron chi connectivity index (χ1n) is 9.52. The zero-order valence-corrected chi connectivity index (χ0v) is 16.2. The summed E-state index contributed by atoms with van der Waals surface area (Å²) in [4.78, 5) is 0. The predicted molar refractivity (Wildman–Crippen MR) is 113 cm³/mol. The Bertz CT molecular complexity index is 783. The van der Waals surface area contributed by atoms with E-state index in [-0.39, 0.29) is 11.8 Å². The van der Waals surface area contributed by atoms with Crippen molar-refractivity contribution in [2.75, 3.05) is 5.73 Å². The molecule has 1 nitrogen and oxygen atoms in total. The first-order valence-corrected chi connectivity index (χ1v) is 9.52. The van der Waals surface area contributed by atoms with E-state index in [1.165, 1.54) is 27.8 Å². The number of nitrogens with two attached hydrogens (primary N) is 1. The molecule has 0 aromatic heterocycles. The van der Waals surface area contributed by atoms with Gasteiger partial charge in [-0.2, -0.15) is 0 Å². The molecule has 0 aliphatic heterocycles. The third kappa shape index (κ3) is 3.67. The molecule has 0 bridgehead atoms. The average molecular weight is 344 g/mol. The molecule has 1 heteroatoms. The Hall–Kier alpha value is -2.54. The Balaban J connectivity index is 2.12. The summed E-state index contributed by atoms with van der Waals surface area (Å²) < 4.78 is 0. The fourth-order valence-electron chi connectivity index (χ4n) is 3.62. The summed E-state index contributed by atoms with van der Waals surface area (Å²) in [6.45, 7) is 9.00. The molecule has 0 spiro atoms. The van der Waals surface area contributed by atoms with Crippen molar-refractivity contribution in [1.29, 1.82) is 0 Å². The van der Waals surface area contributed by atoms with Gasteiger partial charge in [-0.25, -0.2) is 0 Å². The molecule has 3 aromatic rings. The minimum absolute atomic E-state index is 0.275. The molecule has 0 saturated heterocycles. The van der Waals surface area contributed by atoms with E-state index < -0.39 is 0 Å². The van der Waals surface area contributed by atoms with Crippen molar-refractivity contribution in [3.05, 3.63) is 101 Å². The maximum absolute atomic E-state index is 6.73. The largest absolute Gasteiger partial charge is 0.398 e. The smallest absolute Gasteiger partial charge is 0.0391 e. The Morgan fingerprint density at radius 3 is 1.31 bits per heavy atom. The van der Waals surface area contributed by atoms with Gasteiger partial charge in [-0.05, 0) is 33.7 Å². The van der Waals surface area contributed by atoms with Gasteiger partial charge in [0, 0.05) is 17.5 Å². The van der Waals surface area contributed by atoms with Gasteiger partial charge >= 0.3 is 0 Å². The summed E-state index contributed by atoms with van der Waals surface area (Å²) in [7, 11) is 0. The van der Waals surface area contributed by atoms with Crippen molar-refractivity contribution in [3.63, 3.8) is 0 Å². The van der Waals surface area contributed by atoms with Gasteiger partial charge < -0.3 is 5.73 Å². The van der Waals surface area contributed by atoms with Crippen LogP contribution in [-0.4, -0.2) is 0 Å². The predicted octanol–water partition coefficient (Wildman–Crippen LogP) is 6.70. The average Bonchev–Trinajstić information content (AvgIpc) is 2.68. The van der Waals surface area contributed by atoms with Crippen molar-refractivity contribution in [3.8, 4) is 0 Å². The van der Waals surface area contributed by atoms with E-state index in [0.717, 1.165) is 5.69 Å². The van der Waals surface area contributed by atoms with Crippen LogP contribution in [0.15, 0.2) is 72.8 Å². The first kappa shape index (κ1) is 18.3. The Morgan fingerprint density at radius 2 is 0.962 bits per heavy atom. The van der Waals surface area contributed by atoms with Crippen LogP contribution in [0.4, 0.5) is 5.69 Å². The lowest BCUT2D eigenvalue weighted by molar-refractivity contribution is 0.834. The Kier molecular flexibility index (Phi) is 5.46. The second-order valence-corrected chi connectivity index (χ2v) is 7.53. The molecule has 26 heavy (non-hydrogen) atoms. The van der Waals surface area contributed by atoms with Crippen LogP contribution in [0, 0.1) is 0 Å². The lowest BCUT2D eigenvalue weighted by Gasteiger charge is -2.24. The van der Waals surface area contributed by atoms with E-state index >= 15 is 0 Å². The summed E-state index contributed by atoms with van der Waals surface area (Å²) in [5.74, 6) is 1.02. The van der Waals surface area contributed by atoms with Crippen LogP contribution in [0.3, 0.4) is 0 Å². The SMILES string of the molecule is CC(C)c1cc(C(C)c2ccccc2)c(N)c(C(C)c2ccccc2)c1. The molecule has 3 aromatic carbocycles. The van der Waals surface area contributed by atoms with Crippen molar-refractivity contribution < 1.29 is 0 Å². The van der Waals surface area contributed by atoms with E-state index in [9.17, 15) is 0 Å². The number of nitrogen functional groups attached to an aromatic ring is 1. The monoisotopic (exact) mass is 343 g/mol. The van der Waals surface area contributed by atoms with E-state index in [4.69, 9.17) is 5.73 Å². The lowest BCUT2D eigenvalue weighted by Crippen LogP contribution is -2.09. The molecule has 0 aliphatic rings. The molecule has 0 saturated carbocycles. The van der Waals surface area contributed by atoms with Crippen molar-refractivity contribution in [1.82, 2.24) is 0 Å². The van der Waals surface area contributed by atoms with Gasteiger partial charge in [-0.1, -0.05) is 100 Å². The van der Waals surface area contributed by atoms with Crippen LogP contribution >= 0.6 is 0 Å².